The minimum atomic E-state index is 0.318. The zero-order chi connectivity index (χ0) is 12.8. The van der Waals surface area contributed by atoms with Gasteiger partial charge in [0.25, 0.3) is 6.47 Å². The van der Waals surface area contributed by atoms with Gasteiger partial charge in [-0.25, -0.2) is 0 Å². The van der Waals surface area contributed by atoms with Gasteiger partial charge in [-0.1, -0.05) is 30.3 Å². The second-order valence-electron chi connectivity index (χ2n) is 4.64. The molecule has 3 aromatic heterocycles. The van der Waals surface area contributed by atoms with E-state index in [1.54, 1.807) is 0 Å². The van der Waals surface area contributed by atoms with Crippen LogP contribution in [0.1, 0.15) is 5.56 Å². The molecule has 0 atom stereocenters. The van der Waals surface area contributed by atoms with E-state index in [2.05, 4.69) is 40.8 Å². The molecule has 0 aliphatic rings. The summed E-state index contributed by atoms with van der Waals surface area (Å²) in [5, 5.41) is 2.49. The van der Waals surface area contributed by atoms with Crippen LogP contribution in [0.25, 0.3) is 27.3 Å². The number of ether oxygens (including phenoxy) is 1. The zero-order valence-corrected chi connectivity index (χ0v) is 10.2. The van der Waals surface area contributed by atoms with Crippen molar-refractivity contribution in [1.29, 1.82) is 0 Å². The molecule has 3 nitrogen and oxygen atoms in total. The second kappa shape index (κ2) is 3.72. The lowest BCUT2D eigenvalue weighted by molar-refractivity contribution is -0.129. The Bertz CT molecular complexity index is 891. The topological polar surface area (TPSA) is 30.7 Å². The van der Waals surface area contributed by atoms with Gasteiger partial charge in [0.15, 0.2) is 0 Å². The fraction of sp³-hybridized carbons (Fsp3) is 0.0625. The van der Waals surface area contributed by atoms with Gasteiger partial charge in [-0.05, 0) is 18.2 Å². The van der Waals surface area contributed by atoms with Crippen molar-refractivity contribution in [1.82, 2.24) is 4.40 Å². The van der Waals surface area contributed by atoms with Gasteiger partial charge in [0.1, 0.15) is 6.61 Å². The number of carbonyl (C=O) groups excluding carboxylic acids is 1. The van der Waals surface area contributed by atoms with Crippen LogP contribution in [0.3, 0.4) is 0 Å². The molecule has 0 spiro atoms. The Hall–Kier alpha value is -2.55. The minimum Gasteiger partial charge on any atom is -0.463 e. The fourth-order valence-corrected chi connectivity index (χ4v) is 2.90. The molecular formula is C16H11NO2. The van der Waals surface area contributed by atoms with Crippen molar-refractivity contribution in [2.45, 2.75) is 6.61 Å². The maximum atomic E-state index is 10.4. The molecule has 0 saturated carbocycles. The van der Waals surface area contributed by atoms with Gasteiger partial charge in [-0.3, -0.25) is 4.79 Å². The van der Waals surface area contributed by atoms with Crippen LogP contribution in [-0.4, -0.2) is 10.9 Å². The van der Waals surface area contributed by atoms with E-state index in [4.69, 9.17) is 4.74 Å². The maximum absolute atomic E-state index is 10.4. The lowest BCUT2D eigenvalue weighted by atomic mass is 10.1. The Morgan fingerprint density at radius 1 is 0.947 bits per heavy atom. The molecule has 0 unspecified atom stereocenters. The summed E-state index contributed by atoms with van der Waals surface area (Å²) in [6, 6.07) is 16.7. The summed E-state index contributed by atoms with van der Waals surface area (Å²) in [5.74, 6) is 0. The van der Waals surface area contributed by atoms with Crippen molar-refractivity contribution in [3.05, 3.63) is 54.1 Å². The van der Waals surface area contributed by atoms with E-state index in [9.17, 15) is 4.79 Å². The van der Waals surface area contributed by atoms with E-state index < -0.39 is 0 Å². The quantitative estimate of drug-likeness (QED) is 0.521. The summed E-state index contributed by atoms with van der Waals surface area (Å²) in [7, 11) is 0. The van der Waals surface area contributed by atoms with E-state index in [1.165, 1.54) is 21.8 Å². The molecule has 4 aromatic rings. The molecule has 0 fully saturated rings. The normalized spacial score (nSPS) is 11.6. The van der Waals surface area contributed by atoms with E-state index in [0.717, 1.165) is 11.1 Å². The van der Waals surface area contributed by atoms with Crippen LogP contribution in [0.2, 0.25) is 0 Å². The van der Waals surface area contributed by atoms with Gasteiger partial charge < -0.3 is 9.14 Å². The number of benzene rings is 1. The summed E-state index contributed by atoms with van der Waals surface area (Å²) < 4.78 is 7.13. The van der Waals surface area contributed by atoms with Crippen LogP contribution in [-0.2, 0) is 16.1 Å². The highest BCUT2D eigenvalue weighted by molar-refractivity contribution is 6.10. The predicted octanol–water partition coefficient (Wildman–Crippen LogP) is 3.36. The molecule has 92 valence electrons. The highest BCUT2D eigenvalue weighted by Crippen LogP contribution is 2.33. The number of fused-ring (bicyclic) bond motifs is 3. The smallest absolute Gasteiger partial charge is 0.293 e. The van der Waals surface area contributed by atoms with Crippen LogP contribution in [0, 0.1) is 0 Å². The molecule has 3 heterocycles. The molecule has 0 saturated heterocycles. The first-order valence-electron chi connectivity index (χ1n) is 6.18. The average molecular weight is 249 g/mol. The minimum absolute atomic E-state index is 0.318. The lowest BCUT2D eigenvalue weighted by Crippen LogP contribution is -1.90. The Morgan fingerprint density at radius 3 is 2.47 bits per heavy atom. The molecule has 0 radical (unpaired) electrons. The molecular weight excluding hydrogens is 238 g/mol. The van der Waals surface area contributed by atoms with E-state index >= 15 is 0 Å². The number of pyridine rings is 1. The number of aromatic nitrogens is 1. The first kappa shape index (κ1) is 10.4. The van der Waals surface area contributed by atoms with Crippen LogP contribution in [0.15, 0.2) is 48.5 Å². The summed E-state index contributed by atoms with van der Waals surface area (Å²) >= 11 is 0. The van der Waals surface area contributed by atoms with Gasteiger partial charge in [-0.15, -0.1) is 0 Å². The van der Waals surface area contributed by atoms with E-state index in [0.29, 0.717) is 13.1 Å². The van der Waals surface area contributed by atoms with Crippen molar-refractivity contribution in [2.75, 3.05) is 0 Å². The molecule has 0 amide bonds. The Balaban J connectivity index is 2.15. The van der Waals surface area contributed by atoms with E-state index in [-0.39, 0.29) is 0 Å². The standard InChI is InChI=1S/C16H11NO2/c18-10-19-9-11-8-16-13-5-2-1-4-12(13)15-7-3-6-14(11)17(15)16/h1-8,10H,9H2. The average Bonchev–Trinajstić information content (AvgIpc) is 2.98. The molecule has 3 heteroatoms. The first-order valence-corrected chi connectivity index (χ1v) is 6.18. The molecule has 1 aromatic carbocycles. The Kier molecular flexibility index (Phi) is 2.03. The van der Waals surface area contributed by atoms with Gasteiger partial charge >= 0.3 is 0 Å². The Morgan fingerprint density at radius 2 is 1.68 bits per heavy atom. The highest BCUT2D eigenvalue weighted by Gasteiger charge is 2.14. The molecule has 0 aliphatic carbocycles. The Labute approximate surface area is 109 Å². The number of rotatable bonds is 3. The van der Waals surface area contributed by atoms with Gasteiger partial charge in [0.05, 0.1) is 16.6 Å². The SMILES string of the molecule is O=COCc1cc2c3ccccc3c3cccc1n32. The zero-order valence-electron chi connectivity index (χ0n) is 10.2. The summed E-state index contributed by atoms with van der Waals surface area (Å²) in [6.07, 6.45) is 0. The lowest BCUT2D eigenvalue weighted by Gasteiger charge is -2.00. The van der Waals surface area contributed by atoms with Crippen LogP contribution >= 0.6 is 0 Å². The molecule has 0 aliphatic heterocycles. The largest absolute Gasteiger partial charge is 0.463 e. The predicted molar refractivity (Wildman–Crippen MR) is 74.4 cm³/mol. The van der Waals surface area contributed by atoms with Crippen molar-refractivity contribution < 1.29 is 9.53 Å². The summed E-state index contributed by atoms with van der Waals surface area (Å²) in [5.41, 5.74) is 4.51. The maximum Gasteiger partial charge on any atom is 0.293 e. The van der Waals surface area contributed by atoms with Gasteiger partial charge in [0.2, 0.25) is 0 Å². The van der Waals surface area contributed by atoms with Gasteiger partial charge in [0, 0.05) is 16.3 Å². The summed E-state index contributed by atoms with van der Waals surface area (Å²) in [6.45, 7) is 0.811. The number of hydrogen-bond donors (Lipinski definition) is 0. The third-order valence-corrected chi connectivity index (χ3v) is 3.66. The van der Waals surface area contributed by atoms with Crippen molar-refractivity contribution in [2.24, 2.45) is 0 Å². The van der Waals surface area contributed by atoms with Crippen LogP contribution in [0.4, 0.5) is 0 Å². The number of nitrogens with zero attached hydrogens (tertiary/aromatic N) is 1. The fourth-order valence-electron chi connectivity index (χ4n) is 2.90. The molecule has 0 bridgehead atoms. The molecule has 19 heavy (non-hydrogen) atoms. The number of hydrogen-bond acceptors (Lipinski definition) is 2. The van der Waals surface area contributed by atoms with Gasteiger partial charge in [-0.2, -0.15) is 0 Å². The third-order valence-electron chi connectivity index (χ3n) is 3.66. The van der Waals surface area contributed by atoms with Crippen LogP contribution < -0.4 is 0 Å². The second-order valence-corrected chi connectivity index (χ2v) is 4.64. The highest BCUT2D eigenvalue weighted by atomic mass is 16.5. The molecule has 0 N–H and O–H groups in total. The third kappa shape index (κ3) is 1.30. The molecule has 4 rings (SSSR count). The van der Waals surface area contributed by atoms with E-state index in [1.807, 2.05) is 12.1 Å². The monoisotopic (exact) mass is 249 g/mol. The number of carbonyl (C=O) groups is 1. The summed E-state index contributed by atoms with van der Waals surface area (Å²) in [4.78, 5) is 10.4. The van der Waals surface area contributed by atoms with Crippen LogP contribution in [0.5, 0.6) is 0 Å². The van der Waals surface area contributed by atoms with Crippen molar-refractivity contribution in [3.63, 3.8) is 0 Å². The van der Waals surface area contributed by atoms with Crippen molar-refractivity contribution in [3.8, 4) is 0 Å². The van der Waals surface area contributed by atoms with Crippen molar-refractivity contribution >= 4 is 33.8 Å². The first-order chi connectivity index (χ1) is 9.40.